The van der Waals surface area contributed by atoms with Gasteiger partial charge in [0.1, 0.15) is 11.4 Å². The van der Waals surface area contributed by atoms with Gasteiger partial charge in [-0.3, -0.25) is 14.0 Å². The minimum atomic E-state index is -3.96. The van der Waals surface area contributed by atoms with Crippen molar-refractivity contribution in [1.82, 2.24) is 15.1 Å². The molecule has 2 saturated heterocycles. The van der Waals surface area contributed by atoms with Crippen LogP contribution in [0, 0.1) is 0 Å². The van der Waals surface area contributed by atoms with Crippen LogP contribution in [0.2, 0.25) is 0 Å². The van der Waals surface area contributed by atoms with E-state index in [1.54, 1.807) is 0 Å². The summed E-state index contributed by atoms with van der Waals surface area (Å²) in [4.78, 5) is 4.64. The molecule has 4 aromatic rings. The molecule has 0 spiro atoms. The molecule has 2 aliphatic heterocycles. The van der Waals surface area contributed by atoms with Crippen molar-refractivity contribution in [3.8, 4) is 0 Å². The zero-order valence-corrected chi connectivity index (χ0v) is 26.8. The van der Waals surface area contributed by atoms with Crippen LogP contribution in [0.1, 0.15) is 48.2 Å². The summed E-state index contributed by atoms with van der Waals surface area (Å²) in [6.07, 6.45) is -1.08. The second kappa shape index (κ2) is 13.2. The molecule has 1 atom stereocenters. The summed E-state index contributed by atoms with van der Waals surface area (Å²) in [5.41, 5.74) is 3.68. The Kier molecular flexibility index (Phi) is 9.24. The molecule has 0 bridgehead atoms. The van der Waals surface area contributed by atoms with E-state index in [-0.39, 0.29) is 24.2 Å². The fraction of sp³-hybridized carbons (Fsp3) is 0.351. The van der Waals surface area contributed by atoms with E-state index in [2.05, 4.69) is 94.8 Å². The van der Waals surface area contributed by atoms with Crippen LogP contribution in [0.15, 0.2) is 121 Å². The van der Waals surface area contributed by atoms with Crippen LogP contribution in [0.4, 0.5) is 0 Å². The van der Waals surface area contributed by atoms with Crippen molar-refractivity contribution < 1.29 is 17.7 Å². The van der Waals surface area contributed by atoms with Gasteiger partial charge in [0.25, 0.3) is 10.1 Å². The largest absolute Gasteiger partial charge is 0.391 e. The van der Waals surface area contributed by atoms with Gasteiger partial charge in [-0.05, 0) is 36.1 Å². The maximum Gasteiger partial charge on any atom is 0.270 e. The van der Waals surface area contributed by atoms with Gasteiger partial charge in [0.05, 0.1) is 18.2 Å². The third-order valence-corrected chi connectivity index (χ3v) is 10.3. The molecule has 6 rings (SSSR count). The molecular formula is C37H43N3O4S. The molecule has 4 aromatic carbocycles. The number of nitrogens with zero attached hydrogens (tertiary/aromatic N) is 2. The number of rotatable bonds is 13. The van der Waals surface area contributed by atoms with Crippen LogP contribution >= 0.6 is 0 Å². The van der Waals surface area contributed by atoms with E-state index in [1.165, 1.54) is 11.1 Å². The van der Waals surface area contributed by atoms with E-state index in [4.69, 9.17) is 4.18 Å². The van der Waals surface area contributed by atoms with Gasteiger partial charge in [0, 0.05) is 38.3 Å². The monoisotopic (exact) mass is 625 g/mol. The van der Waals surface area contributed by atoms with Crippen LogP contribution in [0.3, 0.4) is 0 Å². The molecule has 0 amide bonds. The van der Waals surface area contributed by atoms with E-state index in [9.17, 15) is 13.5 Å². The molecule has 45 heavy (non-hydrogen) atoms. The molecule has 236 valence electrons. The normalized spacial score (nSPS) is 18.8. The van der Waals surface area contributed by atoms with Crippen molar-refractivity contribution in [3.63, 3.8) is 0 Å². The molecular weight excluding hydrogens is 582 g/mol. The Hall–Kier alpha value is -3.37. The lowest BCUT2D eigenvalue weighted by molar-refractivity contribution is -0.0742. The van der Waals surface area contributed by atoms with Crippen molar-refractivity contribution in [2.24, 2.45) is 0 Å². The van der Waals surface area contributed by atoms with Crippen molar-refractivity contribution in [2.45, 2.75) is 43.2 Å². The van der Waals surface area contributed by atoms with Crippen molar-refractivity contribution in [1.29, 1.82) is 0 Å². The highest BCUT2D eigenvalue weighted by atomic mass is 32.2. The summed E-state index contributed by atoms with van der Waals surface area (Å²) in [6.45, 7) is 6.60. The molecule has 1 unspecified atom stereocenters. The number of aliphatic hydroxyl groups is 1. The van der Waals surface area contributed by atoms with Gasteiger partial charge in [-0.1, -0.05) is 121 Å². The molecule has 7 nitrogen and oxygen atoms in total. The molecule has 2 heterocycles. The number of likely N-dealkylation sites (tertiary alicyclic amines) is 2. The quantitative estimate of drug-likeness (QED) is 0.202. The van der Waals surface area contributed by atoms with E-state index >= 15 is 0 Å². The first-order valence-corrected chi connectivity index (χ1v) is 17.2. The van der Waals surface area contributed by atoms with Gasteiger partial charge < -0.3 is 10.4 Å². The van der Waals surface area contributed by atoms with E-state index in [0.29, 0.717) is 13.1 Å². The van der Waals surface area contributed by atoms with Gasteiger partial charge in [-0.2, -0.15) is 8.42 Å². The van der Waals surface area contributed by atoms with Crippen LogP contribution in [-0.4, -0.2) is 79.0 Å². The Morgan fingerprint density at radius 2 is 1.02 bits per heavy atom. The number of aliphatic hydroxyl groups excluding tert-OH is 1. The highest BCUT2D eigenvalue weighted by Crippen LogP contribution is 2.39. The van der Waals surface area contributed by atoms with E-state index in [0.717, 1.165) is 24.2 Å². The Morgan fingerprint density at radius 3 is 1.40 bits per heavy atom. The third-order valence-electron chi connectivity index (χ3n) is 8.86. The Labute approximate surface area is 267 Å². The molecule has 8 heteroatoms. The summed E-state index contributed by atoms with van der Waals surface area (Å²) < 4.78 is 31.9. The second-order valence-corrected chi connectivity index (χ2v) is 14.7. The molecule has 2 fully saturated rings. The number of β-amino-alcohol motifs (C(OH)–C–C–N with tert-alkyl or cyclic N) is 1. The first-order chi connectivity index (χ1) is 21.6. The Balaban J connectivity index is 1.01. The third kappa shape index (κ3) is 7.55. The summed E-state index contributed by atoms with van der Waals surface area (Å²) in [5, 5.41) is 14.2. The second-order valence-electron chi connectivity index (χ2n) is 13.1. The highest BCUT2D eigenvalue weighted by molar-refractivity contribution is 7.86. The van der Waals surface area contributed by atoms with Gasteiger partial charge in [-0.25, -0.2) is 0 Å². The first-order valence-electron chi connectivity index (χ1n) is 15.7. The minimum absolute atomic E-state index is 0.00716. The zero-order chi connectivity index (χ0) is 31.5. The minimum Gasteiger partial charge on any atom is -0.391 e. The molecule has 2 N–H and O–H groups in total. The molecule has 0 saturated carbocycles. The maximum atomic E-state index is 13.1. The smallest absolute Gasteiger partial charge is 0.270 e. The summed E-state index contributed by atoms with van der Waals surface area (Å²) in [5.74, 6) is -0.452. The SMILES string of the molecule is CC1(NCC(O)CS(=O)(=O)OC2(C)CN(C(c3ccccc3)c3ccccc3)C2)CN(C(c2ccccc2)c2ccccc2)C1. The predicted molar refractivity (Wildman–Crippen MR) is 178 cm³/mol. The summed E-state index contributed by atoms with van der Waals surface area (Å²) in [7, 11) is -3.96. The van der Waals surface area contributed by atoms with Crippen molar-refractivity contribution >= 4 is 10.1 Å². The summed E-state index contributed by atoms with van der Waals surface area (Å²) >= 11 is 0. The fourth-order valence-electron chi connectivity index (χ4n) is 6.96. The summed E-state index contributed by atoms with van der Waals surface area (Å²) in [6, 6.07) is 41.5. The van der Waals surface area contributed by atoms with E-state index < -0.39 is 27.6 Å². The van der Waals surface area contributed by atoms with Crippen molar-refractivity contribution in [2.75, 3.05) is 38.5 Å². The lowest BCUT2D eigenvalue weighted by Crippen LogP contribution is -2.68. The average molecular weight is 626 g/mol. The highest BCUT2D eigenvalue weighted by Gasteiger charge is 2.47. The topological polar surface area (TPSA) is 82.1 Å². The number of hydrogen-bond acceptors (Lipinski definition) is 7. The van der Waals surface area contributed by atoms with E-state index in [1.807, 2.05) is 55.5 Å². The standard InChI is InChI=1S/C37H43N3O4S/c1-36(25-39(26-36)34(29-15-7-3-8-16-29)30-17-9-4-10-18-30)38-23-33(41)24-45(42,43)44-37(2)27-40(28-37)35(31-19-11-5-12-20-31)32-21-13-6-14-22-32/h3-22,33-35,38,41H,23-28H2,1-2H3. The molecule has 0 radical (unpaired) electrons. The molecule has 0 aliphatic carbocycles. The number of hydrogen-bond donors (Lipinski definition) is 2. The van der Waals surface area contributed by atoms with Crippen LogP contribution in [0.5, 0.6) is 0 Å². The van der Waals surface area contributed by atoms with Gasteiger partial charge in [0.15, 0.2) is 0 Å². The van der Waals surface area contributed by atoms with Crippen LogP contribution < -0.4 is 5.32 Å². The molecule has 0 aromatic heterocycles. The van der Waals surface area contributed by atoms with Crippen LogP contribution in [-0.2, 0) is 14.3 Å². The predicted octanol–water partition coefficient (Wildman–Crippen LogP) is 5.01. The number of benzene rings is 4. The fourth-order valence-corrected chi connectivity index (χ4v) is 8.34. The lowest BCUT2D eigenvalue weighted by atomic mass is 9.86. The lowest BCUT2D eigenvalue weighted by Gasteiger charge is -2.52. The van der Waals surface area contributed by atoms with Crippen molar-refractivity contribution in [3.05, 3.63) is 144 Å². The zero-order valence-electron chi connectivity index (χ0n) is 26.0. The number of nitrogens with one attached hydrogen (secondary N) is 1. The van der Waals surface area contributed by atoms with Gasteiger partial charge in [-0.15, -0.1) is 0 Å². The van der Waals surface area contributed by atoms with Gasteiger partial charge in [0.2, 0.25) is 0 Å². The average Bonchev–Trinajstić information content (AvgIpc) is 3.00. The first kappa shape index (κ1) is 31.6. The maximum absolute atomic E-state index is 13.1. The van der Waals surface area contributed by atoms with Gasteiger partial charge >= 0.3 is 0 Å². The Bertz CT molecular complexity index is 1550. The molecule has 2 aliphatic rings. The van der Waals surface area contributed by atoms with Crippen LogP contribution in [0.25, 0.3) is 0 Å². The Morgan fingerprint density at radius 1 is 0.667 bits per heavy atom.